The lowest BCUT2D eigenvalue weighted by Gasteiger charge is -2.27. The van der Waals surface area contributed by atoms with Gasteiger partial charge in [-0.3, -0.25) is 14.9 Å². The summed E-state index contributed by atoms with van der Waals surface area (Å²) in [5.74, 6) is 0. The maximum Gasteiger partial charge on any atom is 0.0803 e. The van der Waals surface area contributed by atoms with E-state index in [1.165, 1.54) is 0 Å². The van der Waals surface area contributed by atoms with E-state index in [-0.39, 0.29) is 6.04 Å². The first-order valence-electron chi connectivity index (χ1n) is 6.14. The molecule has 1 aromatic heterocycles. The molecule has 1 unspecified atom stereocenters. The molecule has 0 aliphatic rings. The Morgan fingerprint density at radius 1 is 1.26 bits per heavy atom. The predicted octanol–water partition coefficient (Wildman–Crippen LogP) is 2.11. The minimum absolute atomic E-state index is 0.0366. The van der Waals surface area contributed by atoms with Gasteiger partial charge in [-0.15, -0.1) is 0 Å². The molecule has 19 heavy (non-hydrogen) atoms. The Balaban J connectivity index is 2.37. The lowest BCUT2D eigenvalue weighted by Crippen LogP contribution is -2.31. The third-order valence-electron chi connectivity index (χ3n) is 2.97. The summed E-state index contributed by atoms with van der Waals surface area (Å²) in [5, 5.41) is 0.725. The number of hydrogen-bond donors (Lipinski definition) is 1. The molecule has 2 aromatic rings. The van der Waals surface area contributed by atoms with Crippen molar-refractivity contribution in [2.45, 2.75) is 6.04 Å². The zero-order chi connectivity index (χ0) is 13.7. The summed E-state index contributed by atoms with van der Waals surface area (Å²) in [5.41, 5.74) is 7.68. The molecule has 0 fully saturated rings. The van der Waals surface area contributed by atoms with E-state index in [0.717, 1.165) is 22.8 Å². The van der Waals surface area contributed by atoms with Gasteiger partial charge in [-0.25, -0.2) is 0 Å². The van der Waals surface area contributed by atoms with E-state index in [9.17, 15) is 0 Å². The summed E-state index contributed by atoms with van der Waals surface area (Å²) < 4.78 is 0. The third-order valence-corrected chi connectivity index (χ3v) is 3.22. The maximum atomic E-state index is 5.94. The highest BCUT2D eigenvalue weighted by Gasteiger charge is 2.20. The van der Waals surface area contributed by atoms with Crippen molar-refractivity contribution >= 4 is 11.6 Å². The van der Waals surface area contributed by atoms with Crippen LogP contribution in [0.25, 0.3) is 0 Å². The molecule has 1 atom stereocenters. The summed E-state index contributed by atoms with van der Waals surface area (Å²) >= 11 is 5.94. The van der Waals surface area contributed by atoms with Crippen LogP contribution in [0.2, 0.25) is 5.02 Å². The van der Waals surface area contributed by atoms with Crippen molar-refractivity contribution < 1.29 is 0 Å². The molecular formula is C14H17ClN4. The summed E-state index contributed by atoms with van der Waals surface area (Å²) in [7, 11) is 2.03. The highest BCUT2D eigenvalue weighted by Crippen LogP contribution is 2.26. The van der Waals surface area contributed by atoms with Crippen molar-refractivity contribution in [1.29, 1.82) is 0 Å². The van der Waals surface area contributed by atoms with E-state index >= 15 is 0 Å². The molecule has 0 bridgehead atoms. The first-order chi connectivity index (χ1) is 9.22. The standard InChI is InChI=1S/C14H17ClN4/c1-19(9-6-16)14(13-10-17-7-8-18-13)11-2-4-12(15)5-3-11/h2-5,7-8,10,14H,6,9,16H2,1H3. The number of likely N-dealkylation sites (N-methyl/N-ethyl adjacent to an activating group) is 1. The van der Waals surface area contributed by atoms with Crippen molar-refractivity contribution in [1.82, 2.24) is 14.9 Å². The van der Waals surface area contributed by atoms with Gasteiger partial charge in [0.2, 0.25) is 0 Å². The summed E-state index contributed by atoms with van der Waals surface area (Å²) in [6.07, 6.45) is 5.16. The van der Waals surface area contributed by atoms with Crippen LogP contribution in [-0.2, 0) is 0 Å². The number of nitrogens with two attached hydrogens (primary N) is 1. The van der Waals surface area contributed by atoms with Gasteiger partial charge in [0, 0.05) is 30.5 Å². The van der Waals surface area contributed by atoms with E-state index in [0.29, 0.717) is 6.54 Å². The van der Waals surface area contributed by atoms with Crippen LogP contribution in [0.5, 0.6) is 0 Å². The first-order valence-corrected chi connectivity index (χ1v) is 6.52. The van der Waals surface area contributed by atoms with Gasteiger partial charge in [-0.1, -0.05) is 23.7 Å². The molecule has 1 aromatic carbocycles. The van der Waals surface area contributed by atoms with Crippen molar-refractivity contribution in [2.75, 3.05) is 20.1 Å². The number of benzene rings is 1. The average molecular weight is 277 g/mol. The first kappa shape index (κ1) is 13.9. The van der Waals surface area contributed by atoms with Crippen LogP contribution in [-0.4, -0.2) is 35.0 Å². The maximum absolute atomic E-state index is 5.94. The van der Waals surface area contributed by atoms with Crippen molar-refractivity contribution in [3.05, 3.63) is 59.1 Å². The second-order valence-electron chi connectivity index (χ2n) is 4.35. The Labute approximate surface area is 118 Å². The van der Waals surface area contributed by atoms with Crippen LogP contribution in [0.1, 0.15) is 17.3 Å². The summed E-state index contributed by atoms with van der Waals surface area (Å²) in [4.78, 5) is 10.7. The van der Waals surface area contributed by atoms with Gasteiger partial charge in [0.1, 0.15) is 0 Å². The number of aromatic nitrogens is 2. The number of nitrogens with zero attached hydrogens (tertiary/aromatic N) is 3. The second kappa shape index (κ2) is 6.61. The molecular weight excluding hydrogens is 260 g/mol. The molecule has 2 rings (SSSR count). The van der Waals surface area contributed by atoms with E-state index in [2.05, 4.69) is 14.9 Å². The molecule has 0 saturated carbocycles. The molecule has 2 N–H and O–H groups in total. The Kier molecular flexibility index (Phi) is 4.85. The van der Waals surface area contributed by atoms with E-state index in [1.54, 1.807) is 18.6 Å². The fourth-order valence-electron chi connectivity index (χ4n) is 2.08. The molecule has 0 spiro atoms. The Morgan fingerprint density at radius 3 is 2.58 bits per heavy atom. The van der Waals surface area contributed by atoms with Gasteiger partial charge in [-0.05, 0) is 24.7 Å². The number of hydrogen-bond acceptors (Lipinski definition) is 4. The van der Waals surface area contributed by atoms with Crippen LogP contribution in [0.4, 0.5) is 0 Å². The van der Waals surface area contributed by atoms with Gasteiger partial charge >= 0.3 is 0 Å². The van der Waals surface area contributed by atoms with Gasteiger partial charge < -0.3 is 5.73 Å². The molecule has 0 aliphatic heterocycles. The SMILES string of the molecule is CN(CCN)C(c1ccc(Cl)cc1)c1cnccn1. The molecule has 0 amide bonds. The normalized spacial score (nSPS) is 12.6. The van der Waals surface area contributed by atoms with E-state index in [1.807, 2.05) is 31.3 Å². The van der Waals surface area contributed by atoms with Crippen LogP contribution >= 0.6 is 11.6 Å². The van der Waals surface area contributed by atoms with Gasteiger partial charge in [-0.2, -0.15) is 0 Å². The van der Waals surface area contributed by atoms with Crippen molar-refractivity contribution in [2.24, 2.45) is 5.73 Å². The fourth-order valence-corrected chi connectivity index (χ4v) is 2.21. The van der Waals surface area contributed by atoms with E-state index in [4.69, 9.17) is 17.3 Å². The monoisotopic (exact) mass is 276 g/mol. The summed E-state index contributed by atoms with van der Waals surface area (Å²) in [6.45, 7) is 1.38. The minimum atomic E-state index is 0.0366. The van der Waals surface area contributed by atoms with Crippen LogP contribution < -0.4 is 5.73 Å². The smallest absolute Gasteiger partial charge is 0.0803 e. The van der Waals surface area contributed by atoms with E-state index < -0.39 is 0 Å². The minimum Gasteiger partial charge on any atom is -0.329 e. The fraction of sp³-hybridized carbons (Fsp3) is 0.286. The zero-order valence-electron chi connectivity index (χ0n) is 10.8. The van der Waals surface area contributed by atoms with Gasteiger partial charge in [0.15, 0.2) is 0 Å². The molecule has 100 valence electrons. The average Bonchev–Trinajstić information content (AvgIpc) is 2.43. The largest absolute Gasteiger partial charge is 0.329 e. The zero-order valence-corrected chi connectivity index (χ0v) is 11.6. The highest BCUT2D eigenvalue weighted by molar-refractivity contribution is 6.30. The Morgan fingerprint density at radius 2 is 2.00 bits per heavy atom. The van der Waals surface area contributed by atoms with Crippen molar-refractivity contribution in [3.63, 3.8) is 0 Å². The lowest BCUT2D eigenvalue weighted by atomic mass is 10.0. The Hall–Kier alpha value is -1.49. The highest BCUT2D eigenvalue weighted by atomic mass is 35.5. The molecule has 4 nitrogen and oxygen atoms in total. The topological polar surface area (TPSA) is 55.0 Å². The second-order valence-corrected chi connectivity index (χ2v) is 4.79. The molecule has 1 heterocycles. The quantitative estimate of drug-likeness (QED) is 0.909. The Bertz CT molecular complexity index is 501. The summed E-state index contributed by atoms with van der Waals surface area (Å²) in [6, 6.07) is 7.82. The molecule has 0 radical (unpaired) electrons. The molecule has 0 aliphatic carbocycles. The van der Waals surface area contributed by atoms with Crippen LogP contribution in [0, 0.1) is 0 Å². The third kappa shape index (κ3) is 3.50. The van der Waals surface area contributed by atoms with Crippen molar-refractivity contribution in [3.8, 4) is 0 Å². The predicted molar refractivity (Wildman–Crippen MR) is 77.0 cm³/mol. The number of halogens is 1. The lowest BCUT2D eigenvalue weighted by molar-refractivity contribution is 0.282. The van der Waals surface area contributed by atoms with Gasteiger partial charge in [0.05, 0.1) is 17.9 Å². The van der Waals surface area contributed by atoms with Crippen LogP contribution in [0.3, 0.4) is 0 Å². The molecule has 0 saturated heterocycles. The van der Waals surface area contributed by atoms with Crippen LogP contribution in [0.15, 0.2) is 42.9 Å². The number of rotatable bonds is 5. The van der Waals surface area contributed by atoms with Gasteiger partial charge in [0.25, 0.3) is 0 Å². The molecule has 5 heteroatoms.